The van der Waals surface area contributed by atoms with Crippen molar-refractivity contribution < 1.29 is 14.1 Å². The van der Waals surface area contributed by atoms with Gasteiger partial charge in [-0.2, -0.15) is 0 Å². The molecular formula is C19H22N2O3. The Morgan fingerprint density at radius 1 is 1.25 bits per heavy atom. The van der Waals surface area contributed by atoms with Crippen molar-refractivity contribution >= 4 is 5.91 Å². The van der Waals surface area contributed by atoms with E-state index in [9.17, 15) is 4.79 Å². The average Bonchev–Trinajstić information content (AvgIpc) is 3.11. The van der Waals surface area contributed by atoms with Gasteiger partial charge in [0.15, 0.2) is 0 Å². The second kappa shape index (κ2) is 8.34. The van der Waals surface area contributed by atoms with Crippen LogP contribution in [0.1, 0.15) is 48.2 Å². The molecule has 5 heteroatoms. The third kappa shape index (κ3) is 4.72. The highest BCUT2D eigenvalue weighted by Crippen LogP contribution is 2.19. The Morgan fingerprint density at radius 3 is 2.92 bits per heavy atom. The SMILES string of the molecule is O=C(NCCC1=CCCCC1)c1cc(OCc2ccccc2)no1. The van der Waals surface area contributed by atoms with Gasteiger partial charge in [-0.1, -0.05) is 42.0 Å². The summed E-state index contributed by atoms with van der Waals surface area (Å²) in [6.07, 6.45) is 8.03. The van der Waals surface area contributed by atoms with Crippen LogP contribution < -0.4 is 10.1 Å². The second-order valence-electron chi connectivity index (χ2n) is 5.92. The summed E-state index contributed by atoms with van der Waals surface area (Å²) in [4.78, 5) is 12.1. The molecule has 126 valence electrons. The number of benzene rings is 1. The number of ether oxygens (including phenoxy) is 1. The highest BCUT2D eigenvalue weighted by atomic mass is 16.5. The van der Waals surface area contributed by atoms with Gasteiger partial charge in [-0.15, -0.1) is 0 Å². The number of hydrogen-bond acceptors (Lipinski definition) is 4. The number of amides is 1. The number of nitrogens with zero attached hydrogens (tertiary/aromatic N) is 1. The van der Waals surface area contributed by atoms with Crippen LogP contribution in [0.4, 0.5) is 0 Å². The predicted molar refractivity (Wildman–Crippen MR) is 90.8 cm³/mol. The first-order valence-electron chi connectivity index (χ1n) is 8.41. The number of nitrogens with one attached hydrogen (secondary N) is 1. The molecule has 0 saturated carbocycles. The lowest BCUT2D eigenvalue weighted by Crippen LogP contribution is -2.24. The van der Waals surface area contributed by atoms with Gasteiger partial charge >= 0.3 is 0 Å². The molecule has 0 spiro atoms. The molecule has 0 radical (unpaired) electrons. The van der Waals surface area contributed by atoms with Crippen LogP contribution in [-0.2, 0) is 6.61 Å². The summed E-state index contributed by atoms with van der Waals surface area (Å²) < 4.78 is 10.6. The molecule has 1 aliphatic rings. The van der Waals surface area contributed by atoms with Crippen LogP contribution >= 0.6 is 0 Å². The van der Waals surface area contributed by atoms with Gasteiger partial charge in [-0.25, -0.2) is 0 Å². The molecule has 1 N–H and O–H groups in total. The molecule has 3 rings (SSSR count). The fourth-order valence-electron chi connectivity index (χ4n) is 2.72. The van der Waals surface area contributed by atoms with Crippen LogP contribution in [-0.4, -0.2) is 17.6 Å². The molecule has 0 saturated heterocycles. The van der Waals surface area contributed by atoms with Gasteiger partial charge in [0.25, 0.3) is 11.8 Å². The molecule has 0 bridgehead atoms. The topological polar surface area (TPSA) is 64.4 Å². The van der Waals surface area contributed by atoms with Gasteiger partial charge in [-0.05, 0) is 42.8 Å². The summed E-state index contributed by atoms with van der Waals surface area (Å²) in [5.74, 6) is 0.239. The summed E-state index contributed by atoms with van der Waals surface area (Å²) in [6, 6.07) is 11.3. The van der Waals surface area contributed by atoms with Crippen LogP contribution in [0.15, 0.2) is 52.6 Å². The highest BCUT2D eigenvalue weighted by Gasteiger charge is 2.14. The van der Waals surface area contributed by atoms with E-state index in [4.69, 9.17) is 9.26 Å². The minimum Gasteiger partial charge on any atom is -0.471 e. The van der Waals surface area contributed by atoms with Crippen molar-refractivity contribution in [2.24, 2.45) is 0 Å². The first-order valence-corrected chi connectivity index (χ1v) is 8.41. The van der Waals surface area contributed by atoms with Crippen molar-refractivity contribution in [2.45, 2.75) is 38.7 Å². The third-order valence-corrected chi connectivity index (χ3v) is 4.06. The fraction of sp³-hybridized carbons (Fsp3) is 0.368. The number of allylic oxidation sites excluding steroid dienone is 1. The molecule has 1 aliphatic carbocycles. The zero-order chi connectivity index (χ0) is 16.6. The Labute approximate surface area is 141 Å². The molecule has 1 aromatic heterocycles. The molecule has 24 heavy (non-hydrogen) atoms. The molecule has 0 fully saturated rings. The summed E-state index contributed by atoms with van der Waals surface area (Å²) in [6.45, 7) is 1.01. The second-order valence-corrected chi connectivity index (χ2v) is 5.92. The van der Waals surface area contributed by atoms with Gasteiger partial charge in [0.05, 0.1) is 6.07 Å². The number of hydrogen-bond donors (Lipinski definition) is 1. The van der Waals surface area contributed by atoms with Crippen LogP contribution in [0.2, 0.25) is 0 Å². The standard InChI is InChI=1S/C19H22N2O3/c22-19(20-12-11-15-7-3-1-4-8-15)17-13-18(21-24-17)23-14-16-9-5-2-6-10-16/h2,5-7,9-10,13H,1,3-4,8,11-12,14H2,(H,20,22). The zero-order valence-electron chi connectivity index (χ0n) is 13.7. The molecule has 0 unspecified atom stereocenters. The lowest BCUT2D eigenvalue weighted by molar-refractivity contribution is 0.0916. The summed E-state index contributed by atoms with van der Waals surface area (Å²) >= 11 is 0. The molecule has 2 aromatic rings. The Morgan fingerprint density at radius 2 is 2.12 bits per heavy atom. The van der Waals surface area contributed by atoms with Crippen molar-refractivity contribution in [3.8, 4) is 5.88 Å². The number of aromatic nitrogens is 1. The quantitative estimate of drug-likeness (QED) is 0.784. The Hall–Kier alpha value is -2.56. The van der Waals surface area contributed by atoms with Gasteiger partial charge in [0.2, 0.25) is 5.76 Å². The van der Waals surface area contributed by atoms with Crippen molar-refractivity contribution in [2.75, 3.05) is 6.54 Å². The minimum absolute atomic E-state index is 0.177. The fourth-order valence-corrected chi connectivity index (χ4v) is 2.72. The van der Waals surface area contributed by atoms with Crippen molar-refractivity contribution in [1.29, 1.82) is 0 Å². The van der Waals surface area contributed by atoms with Crippen LogP contribution in [0, 0.1) is 0 Å². The van der Waals surface area contributed by atoms with Crippen molar-refractivity contribution in [3.63, 3.8) is 0 Å². The number of carbonyl (C=O) groups is 1. The molecule has 1 aromatic carbocycles. The Kier molecular flexibility index (Phi) is 5.66. The summed E-state index contributed by atoms with van der Waals surface area (Å²) in [5.41, 5.74) is 2.47. The highest BCUT2D eigenvalue weighted by molar-refractivity contribution is 5.91. The maximum absolute atomic E-state index is 12.1. The molecule has 0 atom stereocenters. The zero-order valence-corrected chi connectivity index (χ0v) is 13.7. The number of carbonyl (C=O) groups excluding carboxylic acids is 1. The average molecular weight is 326 g/mol. The van der Waals surface area contributed by atoms with E-state index in [0.717, 1.165) is 24.8 Å². The van der Waals surface area contributed by atoms with E-state index in [1.165, 1.54) is 24.5 Å². The van der Waals surface area contributed by atoms with E-state index >= 15 is 0 Å². The van der Waals surface area contributed by atoms with E-state index in [0.29, 0.717) is 19.0 Å². The van der Waals surface area contributed by atoms with Crippen LogP contribution in [0.25, 0.3) is 0 Å². The van der Waals surface area contributed by atoms with Gasteiger partial charge in [-0.3, -0.25) is 4.79 Å². The molecule has 1 amide bonds. The van der Waals surface area contributed by atoms with Gasteiger partial charge in [0, 0.05) is 6.54 Å². The Balaban J connectivity index is 1.44. The predicted octanol–water partition coefficient (Wildman–Crippen LogP) is 3.87. The van der Waals surface area contributed by atoms with Gasteiger partial charge < -0.3 is 14.6 Å². The molecular weight excluding hydrogens is 304 g/mol. The monoisotopic (exact) mass is 326 g/mol. The lowest BCUT2D eigenvalue weighted by Gasteiger charge is -2.12. The van der Waals surface area contributed by atoms with E-state index in [1.807, 2.05) is 30.3 Å². The first-order chi connectivity index (χ1) is 11.8. The maximum atomic E-state index is 12.1. The maximum Gasteiger partial charge on any atom is 0.290 e. The van der Waals surface area contributed by atoms with Crippen molar-refractivity contribution in [1.82, 2.24) is 10.5 Å². The molecule has 0 aliphatic heterocycles. The first kappa shape index (κ1) is 16.3. The number of rotatable bonds is 7. The van der Waals surface area contributed by atoms with Gasteiger partial charge in [0.1, 0.15) is 6.61 Å². The lowest BCUT2D eigenvalue weighted by atomic mass is 9.97. The molecule has 5 nitrogen and oxygen atoms in total. The smallest absolute Gasteiger partial charge is 0.290 e. The summed E-state index contributed by atoms with van der Waals surface area (Å²) in [7, 11) is 0. The van der Waals surface area contributed by atoms with Crippen molar-refractivity contribution in [3.05, 3.63) is 59.4 Å². The molecule has 1 heterocycles. The minimum atomic E-state index is -0.256. The Bertz CT molecular complexity index is 692. The summed E-state index contributed by atoms with van der Waals surface area (Å²) in [5, 5.41) is 6.65. The van der Waals surface area contributed by atoms with Crippen LogP contribution in [0.3, 0.4) is 0 Å². The van der Waals surface area contributed by atoms with E-state index in [-0.39, 0.29) is 11.7 Å². The van der Waals surface area contributed by atoms with E-state index in [1.54, 1.807) is 0 Å². The largest absolute Gasteiger partial charge is 0.471 e. The van der Waals surface area contributed by atoms with E-state index in [2.05, 4.69) is 16.5 Å². The van der Waals surface area contributed by atoms with E-state index < -0.39 is 0 Å². The third-order valence-electron chi connectivity index (χ3n) is 4.06. The van der Waals surface area contributed by atoms with Crippen LogP contribution in [0.5, 0.6) is 5.88 Å². The normalized spacial score (nSPS) is 14.1.